The lowest BCUT2D eigenvalue weighted by Gasteiger charge is -2.23. The minimum Gasteiger partial charge on any atom is -0.389 e. The Morgan fingerprint density at radius 1 is 1.35 bits per heavy atom. The second-order valence-corrected chi connectivity index (χ2v) is 7.53. The lowest BCUT2D eigenvalue weighted by atomic mass is 10.1. The molecule has 0 unspecified atom stereocenters. The Balaban J connectivity index is 3.04. The van der Waals surface area contributed by atoms with E-state index in [2.05, 4.69) is 0 Å². The standard InChI is InChI=1S/C14H22N2O2S2/c1-4-16(9-11(2)3)20(17,18)10-12-7-5-6-8-13(12)14(15)19/h5-8,11H,4,9-10H2,1-3H3,(H2,15,19). The van der Waals surface area contributed by atoms with Gasteiger partial charge in [-0.15, -0.1) is 0 Å². The Kier molecular flexibility index (Phi) is 6.10. The third kappa shape index (κ3) is 4.54. The summed E-state index contributed by atoms with van der Waals surface area (Å²) in [7, 11) is -3.36. The maximum atomic E-state index is 12.5. The number of rotatable bonds is 7. The zero-order valence-electron chi connectivity index (χ0n) is 12.2. The van der Waals surface area contributed by atoms with Crippen LogP contribution >= 0.6 is 12.2 Å². The van der Waals surface area contributed by atoms with Gasteiger partial charge in [-0.05, 0) is 11.5 Å². The van der Waals surface area contributed by atoms with Gasteiger partial charge in [0.2, 0.25) is 10.0 Å². The van der Waals surface area contributed by atoms with E-state index in [-0.39, 0.29) is 16.7 Å². The van der Waals surface area contributed by atoms with Crippen molar-refractivity contribution in [2.75, 3.05) is 13.1 Å². The normalized spacial score (nSPS) is 12.1. The molecule has 1 rings (SSSR count). The molecule has 6 heteroatoms. The monoisotopic (exact) mass is 314 g/mol. The van der Waals surface area contributed by atoms with Crippen LogP contribution in [-0.4, -0.2) is 30.8 Å². The van der Waals surface area contributed by atoms with Crippen molar-refractivity contribution in [3.05, 3.63) is 35.4 Å². The maximum Gasteiger partial charge on any atom is 0.218 e. The molecule has 0 aliphatic carbocycles. The largest absolute Gasteiger partial charge is 0.389 e. The zero-order chi connectivity index (χ0) is 15.3. The van der Waals surface area contributed by atoms with Gasteiger partial charge in [-0.25, -0.2) is 12.7 Å². The highest BCUT2D eigenvalue weighted by atomic mass is 32.2. The van der Waals surface area contributed by atoms with Gasteiger partial charge < -0.3 is 5.73 Å². The first-order valence-corrected chi connectivity index (χ1v) is 8.65. The van der Waals surface area contributed by atoms with Gasteiger partial charge in [0.05, 0.1) is 5.75 Å². The summed E-state index contributed by atoms with van der Waals surface area (Å²) in [6.45, 7) is 6.84. The van der Waals surface area contributed by atoms with Crippen molar-refractivity contribution in [2.24, 2.45) is 11.7 Å². The average molecular weight is 314 g/mol. The van der Waals surface area contributed by atoms with Crippen molar-refractivity contribution in [1.29, 1.82) is 0 Å². The Morgan fingerprint density at radius 2 is 1.95 bits per heavy atom. The van der Waals surface area contributed by atoms with Gasteiger partial charge in [0.25, 0.3) is 0 Å². The van der Waals surface area contributed by atoms with Gasteiger partial charge in [0, 0.05) is 18.7 Å². The molecule has 0 radical (unpaired) electrons. The summed E-state index contributed by atoms with van der Waals surface area (Å²) in [6.07, 6.45) is 0. The quantitative estimate of drug-likeness (QED) is 0.783. The molecule has 0 amide bonds. The fourth-order valence-corrected chi connectivity index (χ4v) is 3.97. The molecule has 0 aliphatic rings. The van der Waals surface area contributed by atoms with Crippen LogP contribution in [0, 0.1) is 5.92 Å². The van der Waals surface area contributed by atoms with E-state index in [9.17, 15) is 8.42 Å². The van der Waals surface area contributed by atoms with Crippen molar-refractivity contribution < 1.29 is 8.42 Å². The van der Waals surface area contributed by atoms with Crippen LogP contribution in [0.5, 0.6) is 0 Å². The summed E-state index contributed by atoms with van der Waals surface area (Å²) in [5, 5.41) is 0. The van der Waals surface area contributed by atoms with Gasteiger partial charge in [-0.1, -0.05) is 57.3 Å². The second-order valence-electron chi connectivity index (χ2n) is 5.12. The molecule has 0 fully saturated rings. The van der Waals surface area contributed by atoms with Crippen molar-refractivity contribution in [3.63, 3.8) is 0 Å². The summed E-state index contributed by atoms with van der Waals surface area (Å²) < 4.78 is 26.5. The van der Waals surface area contributed by atoms with Crippen LogP contribution in [0.1, 0.15) is 31.9 Å². The van der Waals surface area contributed by atoms with Gasteiger partial charge in [-0.3, -0.25) is 0 Å². The second kappa shape index (κ2) is 7.15. The number of nitrogens with two attached hydrogens (primary N) is 1. The first-order valence-electron chi connectivity index (χ1n) is 6.63. The summed E-state index contributed by atoms with van der Waals surface area (Å²) >= 11 is 4.97. The van der Waals surface area contributed by atoms with E-state index in [1.54, 1.807) is 24.3 Å². The molecule has 1 aromatic carbocycles. The highest BCUT2D eigenvalue weighted by Gasteiger charge is 2.23. The van der Waals surface area contributed by atoms with Gasteiger partial charge in [0.1, 0.15) is 4.99 Å². The fraction of sp³-hybridized carbons (Fsp3) is 0.500. The molecule has 4 nitrogen and oxygen atoms in total. The minimum absolute atomic E-state index is 0.0684. The van der Waals surface area contributed by atoms with Crippen LogP contribution in [0.25, 0.3) is 0 Å². The first-order chi connectivity index (χ1) is 9.27. The zero-order valence-corrected chi connectivity index (χ0v) is 13.8. The van der Waals surface area contributed by atoms with Crippen LogP contribution in [0.4, 0.5) is 0 Å². The first kappa shape index (κ1) is 17.1. The molecule has 0 aromatic heterocycles. The van der Waals surface area contributed by atoms with Crippen molar-refractivity contribution in [2.45, 2.75) is 26.5 Å². The van der Waals surface area contributed by atoms with Crippen LogP contribution < -0.4 is 5.73 Å². The van der Waals surface area contributed by atoms with E-state index in [1.807, 2.05) is 20.8 Å². The Bertz CT molecular complexity index is 568. The molecule has 20 heavy (non-hydrogen) atoms. The fourth-order valence-electron chi connectivity index (χ4n) is 2.02. The molecule has 0 spiro atoms. The number of hydrogen-bond acceptors (Lipinski definition) is 3. The van der Waals surface area contributed by atoms with E-state index in [0.717, 1.165) is 0 Å². The Morgan fingerprint density at radius 3 is 2.45 bits per heavy atom. The number of nitrogens with zero attached hydrogens (tertiary/aromatic N) is 1. The predicted octanol–water partition coefficient (Wildman–Crippen LogP) is 2.13. The van der Waals surface area contributed by atoms with Gasteiger partial charge >= 0.3 is 0 Å². The van der Waals surface area contributed by atoms with E-state index >= 15 is 0 Å². The third-order valence-electron chi connectivity index (χ3n) is 2.94. The summed E-state index contributed by atoms with van der Waals surface area (Å²) in [5.41, 5.74) is 6.93. The molecule has 0 atom stereocenters. The molecule has 112 valence electrons. The molecule has 0 aliphatic heterocycles. The maximum absolute atomic E-state index is 12.5. The molecule has 0 saturated heterocycles. The highest BCUT2D eigenvalue weighted by molar-refractivity contribution is 7.88. The summed E-state index contributed by atoms with van der Waals surface area (Å²) in [4.78, 5) is 0.225. The lowest BCUT2D eigenvalue weighted by Crippen LogP contribution is -2.35. The number of benzene rings is 1. The molecular weight excluding hydrogens is 292 g/mol. The molecular formula is C14H22N2O2S2. The predicted molar refractivity (Wildman–Crippen MR) is 87.0 cm³/mol. The number of hydrogen-bond donors (Lipinski definition) is 1. The number of thiocarbonyl (C=S) groups is 1. The van der Waals surface area contributed by atoms with E-state index < -0.39 is 10.0 Å². The molecule has 0 bridgehead atoms. The average Bonchev–Trinajstić information content (AvgIpc) is 2.35. The molecule has 0 saturated carbocycles. The van der Waals surface area contributed by atoms with Crippen LogP contribution in [-0.2, 0) is 15.8 Å². The highest BCUT2D eigenvalue weighted by Crippen LogP contribution is 2.16. The Labute approximate surface area is 127 Å². The number of sulfonamides is 1. The third-order valence-corrected chi connectivity index (χ3v) is 5.03. The van der Waals surface area contributed by atoms with Crippen molar-refractivity contribution in [3.8, 4) is 0 Å². The molecule has 0 heterocycles. The molecule has 2 N–H and O–H groups in total. The smallest absolute Gasteiger partial charge is 0.218 e. The van der Waals surface area contributed by atoms with Crippen molar-refractivity contribution in [1.82, 2.24) is 4.31 Å². The van der Waals surface area contributed by atoms with Gasteiger partial charge in [0.15, 0.2) is 0 Å². The minimum atomic E-state index is -3.36. The summed E-state index contributed by atoms with van der Waals surface area (Å²) in [5.74, 6) is 0.219. The van der Waals surface area contributed by atoms with E-state index in [4.69, 9.17) is 18.0 Å². The van der Waals surface area contributed by atoms with E-state index in [1.165, 1.54) is 4.31 Å². The van der Waals surface area contributed by atoms with Gasteiger partial charge in [-0.2, -0.15) is 0 Å². The Hall–Kier alpha value is -0.980. The van der Waals surface area contributed by atoms with E-state index in [0.29, 0.717) is 24.2 Å². The lowest BCUT2D eigenvalue weighted by molar-refractivity contribution is 0.380. The van der Waals surface area contributed by atoms with Crippen LogP contribution in [0.15, 0.2) is 24.3 Å². The van der Waals surface area contributed by atoms with Crippen molar-refractivity contribution >= 4 is 27.2 Å². The van der Waals surface area contributed by atoms with Crippen LogP contribution in [0.3, 0.4) is 0 Å². The topological polar surface area (TPSA) is 63.4 Å². The van der Waals surface area contributed by atoms with Crippen LogP contribution in [0.2, 0.25) is 0 Å². The molecule has 1 aromatic rings. The summed E-state index contributed by atoms with van der Waals surface area (Å²) in [6, 6.07) is 7.11. The SMILES string of the molecule is CCN(CC(C)C)S(=O)(=O)Cc1ccccc1C(N)=S.